The van der Waals surface area contributed by atoms with Gasteiger partial charge in [0.05, 0.1) is 18.8 Å². The Bertz CT molecular complexity index is 418. The van der Waals surface area contributed by atoms with E-state index in [0.29, 0.717) is 13.2 Å². The van der Waals surface area contributed by atoms with Crippen LogP contribution in [-0.2, 0) is 4.74 Å². The van der Waals surface area contributed by atoms with E-state index in [2.05, 4.69) is 22.9 Å². The molecule has 0 aliphatic carbocycles. The molecule has 0 radical (unpaired) electrons. The third-order valence-corrected chi connectivity index (χ3v) is 3.82. The van der Waals surface area contributed by atoms with Gasteiger partial charge in [-0.25, -0.2) is 0 Å². The van der Waals surface area contributed by atoms with Crippen LogP contribution < -0.4 is 0 Å². The lowest BCUT2D eigenvalue weighted by Crippen LogP contribution is -2.51. The van der Waals surface area contributed by atoms with Crippen LogP contribution in [0.25, 0.3) is 0 Å². The van der Waals surface area contributed by atoms with Crippen molar-refractivity contribution in [1.82, 2.24) is 4.90 Å². The number of amides is 1. The standard InChI is InChI=1S/C14H18BrNO2/c1-3-13-9-18-10(2)8-16(13)14(17)11-4-6-12(15)7-5-11/h4-7,10,13H,3,8-9H2,1-2H3. The Morgan fingerprint density at radius 3 is 2.72 bits per heavy atom. The second-order valence-electron chi connectivity index (χ2n) is 4.67. The number of nitrogens with zero attached hydrogens (tertiary/aromatic N) is 1. The smallest absolute Gasteiger partial charge is 0.254 e. The monoisotopic (exact) mass is 311 g/mol. The summed E-state index contributed by atoms with van der Waals surface area (Å²) in [5, 5.41) is 0. The zero-order chi connectivity index (χ0) is 13.1. The van der Waals surface area contributed by atoms with Gasteiger partial charge in [-0.1, -0.05) is 22.9 Å². The van der Waals surface area contributed by atoms with Gasteiger partial charge in [0.1, 0.15) is 0 Å². The molecule has 0 aromatic heterocycles. The molecule has 0 saturated carbocycles. The molecule has 2 unspecified atom stereocenters. The maximum Gasteiger partial charge on any atom is 0.254 e. The molecule has 1 aromatic carbocycles. The lowest BCUT2D eigenvalue weighted by atomic mass is 10.1. The first-order valence-electron chi connectivity index (χ1n) is 6.30. The lowest BCUT2D eigenvalue weighted by molar-refractivity contribution is -0.0444. The minimum Gasteiger partial charge on any atom is -0.375 e. The van der Waals surface area contributed by atoms with Gasteiger partial charge in [0.2, 0.25) is 0 Å². The average molecular weight is 312 g/mol. The van der Waals surface area contributed by atoms with Crippen molar-refractivity contribution in [2.45, 2.75) is 32.4 Å². The molecule has 1 aliphatic rings. The van der Waals surface area contributed by atoms with Gasteiger partial charge in [0, 0.05) is 16.6 Å². The van der Waals surface area contributed by atoms with Gasteiger partial charge in [-0.2, -0.15) is 0 Å². The summed E-state index contributed by atoms with van der Waals surface area (Å²) in [6.07, 6.45) is 1.04. The Hall–Kier alpha value is -0.870. The second kappa shape index (κ2) is 5.85. The second-order valence-corrected chi connectivity index (χ2v) is 5.59. The van der Waals surface area contributed by atoms with Crippen LogP contribution in [0.5, 0.6) is 0 Å². The molecule has 1 amide bonds. The maximum absolute atomic E-state index is 12.5. The van der Waals surface area contributed by atoms with E-state index in [9.17, 15) is 4.79 Å². The molecule has 1 aliphatic heterocycles. The predicted octanol–water partition coefficient (Wildman–Crippen LogP) is 3.09. The fraction of sp³-hybridized carbons (Fsp3) is 0.500. The summed E-state index contributed by atoms with van der Waals surface area (Å²) in [5.74, 6) is 0.101. The van der Waals surface area contributed by atoms with Gasteiger partial charge in [0.25, 0.3) is 5.91 Å². The molecule has 0 bridgehead atoms. The zero-order valence-corrected chi connectivity index (χ0v) is 12.3. The minimum atomic E-state index is 0.101. The number of carbonyl (C=O) groups excluding carboxylic acids is 1. The number of morpholine rings is 1. The molecule has 2 atom stereocenters. The summed E-state index contributed by atoms with van der Waals surface area (Å²) in [6, 6.07) is 7.71. The van der Waals surface area contributed by atoms with Crippen LogP contribution in [0.4, 0.5) is 0 Å². The Morgan fingerprint density at radius 2 is 2.11 bits per heavy atom. The first-order valence-corrected chi connectivity index (χ1v) is 7.09. The number of hydrogen-bond donors (Lipinski definition) is 0. The van der Waals surface area contributed by atoms with E-state index in [4.69, 9.17) is 4.74 Å². The number of benzene rings is 1. The van der Waals surface area contributed by atoms with Crippen LogP contribution in [0.3, 0.4) is 0 Å². The van der Waals surface area contributed by atoms with Crippen LogP contribution >= 0.6 is 15.9 Å². The average Bonchev–Trinajstić information content (AvgIpc) is 2.39. The zero-order valence-electron chi connectivity index (χ0n) is 10.7. The number of hydrogen-bond acceptors (Lipinski definition) is 2. The third kappa shape index (κ3) is 2.93. The summed E-state index contributed by atoms with van der Waals surface area (Å²) in [6.45, 7) is 5.41. The van der Waals surface area contributed by atoms with E-state index in [1.165, 1.54) is 0 Å². The van der Waals surface area contributed by atoms with Crippen LogP contribution in [0.2, 0.25) is 0 Å². The summed E-state index contributed by atoms with van der Waals surface area (Å²) < 4.78 is 6.60. The quantitative estimate of drug-likeness (QED) is 0.840. The maximum atomic E-state index is 12.5. The molecule has 1 heterocycles. The molecular formula is C14H18BrNO2. The molecule has 3 nitrogen and oxygen atoms in total. The highest BCUT2D eigenvalue weighted by Crippen LogP contribution is 2.19. The molecule has 1 aromatic rings. The molecule has 4 heteroatoms. The molecule has 0 spiro atoms. The Morgan fingerprint density at radius 1 is 1.44 bits per heavy atom. The molecule has 1 saturated heterocycles. The Labute approximate surface area is 116 Å². The van der Waals surface area contributed by atoms with Gasteiger partial charge in [0.15, 0.2) is 0 Å². The van der Waals surface area contributed by atoms with E-state index < -0.39 is 0 Å². The van der Waals surface area contributed by atoms with E-state index in [1.54, 1.807) is 0 Å². The van der Waals surface area contributed by atoms with Crippen LogP contribution in [0.1, 0.15) is 30.6 Å². The Balaban J connectivity index is 2.17. The minimum absolute atomic E-state index is 0.101. The van der Waals surface area contributed by atoms with Crippen molar-refractivity contribution in [3.63, 3.8) is 0 Å². The topological polar surface area (TPSA) is 29.5 Å². The highest BCUT2D eigenvalue weighted by atomic mass is 79.9. The van der Waals surface area contributed by atoms with Gasteiger partial charge < -0.3 is 9.64 Å². The summed E-state index contributed by atoms with van der Waals surface area (Å²) in [4.78, 5) is 14.4. The normalized spacial score (nSPS) is 24.1. The van der Waals surface area contributed by atoms with E-state index in [0.717, 1.165) is 16.5 Å². The molecular weight excluding hydrogens is 294 g/mol. The van der Waals surface area contributed by atoms with Gasteiger partial charge in [-0.3, -0.25) is 4.79 Å². The predicted molar refractivity (Wildman–Crippen MR) is 74.7 cm³/mol. The van der Waals surface area contributed by atoms with E-state index in [1.807, 2.05) is 36.1 Å². The number of ether oxygens (including phenoxy) is 1. The van der Waals surface area contributed by atoms with Crippen molar-refractivity contribution in [3.8, 4) is 0 Å². The fourth-order valence-electron chi connectivity index (χ4n) is 2.19. The first-order chi connectivity index (χ1) is 8.61. The van der Waals surface area contributed by atoms with Crippen LogP contribution in [0.15, 0.2) is 28.7 Å². The summed E-state index contributed by atoms with van der Waals surface area (Å²) in [7, 11) is 0. The summed E-state index contributed by atoms with van der Waals surface area (Å²) >= 11 is 3.38. The van der Waals surface area contributed by atoms with Crippen molar-refractivity contribution >= 4 is 21.8 Å². The van der Waals surface area contributed by atoms with Gasteiger partial charge in [-0.15, -0.1) is 0 Å². The van der Waals surface area contributed by atoms with E-state index >= 15 is 0 Å². The number of halogens is 1. The highest BCUT2D eigenvalue weighted by molar-refractivity contribution is 9.10. The van der Waals surface area contributed by atoms with Crippen molar-refractivity contribution in [2.24, 2.45) is 0 Å². The molecule has 1 fully saturated rings. The largest absolute Gasteiger partial charge is 0.375 e. The highest BCUT2D eigenvalue weighted by Gasteiger charge is 2.29. The molecule has 98 valence electrons. The van der Waals surface area contributed by atoms with Crippen molar-refractivity contribution in [2.75, 3.05) is 13.2 Å². The number of rotatable bonds is 2. The van der Waals surface area contributed by atoms with Crippen LogP contribution in [-0.4, -0.2) is 36.1 Å². The van der Waals surface area contributed by atoms with Crippen molar-refractivity contribution in [1.29, 1.82) is 0 Å². The van der Waals surface area contributed by atoms with E-state index in [-0.39, 0.29) is 18.1 Å². The first kappa shape index (κ1) is 13.6. The summed E-state index contributed by atoms with van der Waals surface area (Å²) in [5.41, 5.74) is 0.741. The van der Waals surface area contributed by atoms with Crippen molar-refractivity contribution < 1.29 is 9.53 Å². The SMILES string of the molecule is CCC1COC(C)CN1C(=O)c1ccc(Br)cc1. The third-order valence-electron chi connectivity index (χ3n) is 3.29. The Kier molecular flexibility index (Phi) is 4.40. The fourth-order valence-corrected chi connectivity index (χ4v) is 2.45. The van der Waals surface area contributed by atoms with Crippen LogP contribution in [0, 0.1) is 0 Å². The molecule has 18 heavy (non-hydrogen) atoms. The van der Waals surface area contributed by atoms with Crippen molar-refractivity contribution in [3.05, 3.63) is 34.3 Å². The number of carbonyl (C=O) groups is 1. The lowest BCUT2D eigenvalue weighted by Gasteiger charge is -2.38. The molecule has 0 N–H and O–H groups in total. The van der Waals surface area contributed by atoms with Gasteiger partial charge >= 0.3 is 0 Å². The molecule has 2 rings (SSSR count). The van der Waals surface area contributed by atoms with Gasteiger partial charge in [-0.05, 0) is 37.6 Å².